The molecule has 0 aliphatic rings. The Bertz CT molecular complexity index is 1200. The Hall–Kier alpha value is -3.51. The van der Waals surface area contributed by atoms with Crippen LogP contribution in [0, 0.1) is 6.92 Å². The Morgan fingerprint density at radius 2 is 1.90 bits per heavy atom. The number of nitrogens with zero attached hydrogens (tertiary/aromatic N) is 2. The van der Waals surface area contributed by atoms with E-state index in [1.165, 1.54) is 4.88 Å². The molecule has 144 valence electrons. The number of rotatable bonds is 5. The number of methoxy groups -OCH3 is 1. The van der Waals surface area contributed by atoms with Crippen molar-refractivity contribution < 1.29 is 9.53 Å². The average molecular weight is 401 g/mol. The van der Waals surface area contributed by atoms with Gasteiger partial charge in [0.2, 0.25) is 0 Å². The highest BCUT2D eigenvalue weighted by atomic mass is 32.1. The third-order valence-corrected chi connectivity index (χ3v) is 5.40. The van der Waals surface area contributed by atoms with Gasteiger partial charge in [0, 0.05) is 20.7 Å². The van der Waals surface area contributed by atoms with E-state index in [-0.39, 0.29) is 5.91 Å². The van der Waals surface area contributed by atoms with Gasteiger partial charge in [0.15, 0.2) is 0 Å². The fraction of sp³-hybridized carbons (Fsp3) is 0.0870. The highest BCUT2D eigenvalue weighted by Gasteiger charge is 2.13. The molecule has 0 spiro atoms. The van der Waals surface area contributed by atoms with Crippen molar-refractivity contribution in [1.29, 1.82) is 0 Å². The summed E-state index contributed by atoms with van der Waals surface area (Å²) in [4.78, 5) is 19.8. The van der Waals surface area contributed by atoms with Crippen molar-refractivity contribution >= 4 is 34.4 Å². The summed E-state index contributed by atoms with van der Waals surface area (Å²) in [5.41, 5.74) is 5.54. The first-order chi connectivity index (χ1) is 14.1. The number of carbonyl (C=O) groups excluding carboxylic acids is 1. The van der Waals surface area contributed by atoms with Crippen LogP contribution in [-0.4, -0.2) is 24.2 Å². The lowest BCUT2D eigenvalue weighted by Crippen LogP contribution is -2.18. The van der Waals surface area contributed by atoms with Gasteiger partial charge in [-0.2, -0.15) is 5.10 Å². The highest BCUT2D eigenvalue weighted by Crippen LogP contribution is 2.26. The molecule has 4 aromatic rings. The second-order valence-electron chi connectivity index (χ2n) is 6.45. The van der Waals surface area contributed by atoms with Gasteiger partial charge in [-0.15, -0.1) is 11.3 Å². The fourth-order valence-corrected chi connectivity index (χ4v) is 3.76. The number of benzene rings is 2. The number of nitrogens with one attached hydrogen (secondary N) is 1. The summed E-state index contributed by atoms with van der Waals surface area (Å²) in [7, 11) is 1.63. The molecule has 0 aliphatic carbocycles. The zero-order valence-corrected chi connectivity index (χ0v) is 16.9. The summed E-state index contributed by atoms with van der Waals surface area (Å²) in [5.74, 6) is 0.494. The first-order valence-electron chi connectivity index (χ1n) is 9.08. The van der Waals surface area contributed by atoms with Crippen molar-refractivity contribution in [2.75, 3.05) is 7.11 Å². The number of ether oxygens (including phenoxy) is 1. The number of aryl methyl sites for hydroxylation is 1. The van der Waals surface area contributed by atoms with Crippen LogP contribution in [0.25, 0.3) is 22.2 Å². The summed E-state index contributed by atoms with van der Waals surface area (Å²) in [6, 6.07) is 21.0. The maximum Gasteiger partial charge on any atom is 0.272 e. The molecule has 2 aromatic carbocycles. The molecule has 0 unspecified atom stereocenters. The van der Waals surface area contributed by atoms with E-state index in [1.54, 1.807) is 30.7 Å². The summed E-state index contributed by atoms with van der Waals surface area (Å²) in [5, 5.41) is 4.89. The number of hydrazone groups is 1. The van der Waals surface area contributed by atoms with Gasteiger partial charge in [-0.3, -0.25) is 4.79 Å². The molecule has 1 amide bonds. The molecule has 0 aliphatic heterocycles. The van der Waals surface area contributed by atoms with Crippen molar-refractivity contribution in [3.63, 3.8) is 0 Å². The molecule has 0 bridgehead atoms. The van der Waals surface area contributed by atoms with E-state index in [9.17, 15) is 4.79 Å². The lowest BCUT2D eigenvalue weighted by molar-refractivity contribution is 0.0956. The number of thiophene rings is 1. The maximum atomic E-state index is 12.9. The van der Waals surface area contributed by atoms with Crippen molar-refractivity contribution in [1.82, 2.24) is 10.4 Å². The topological polar surface area (TPSA) is 63.6 Å². The third-order valence-electron chi connectivity index (χ3n) is 4.47. The van der Waals surface area contributed by atoms with E-state index in [0.717, 1.165) is 32.8 Å². The molecular formula is C23H19N3O2S. The Morgan fingerprint density at radius 1 is 1.10 bits per heavy atom. The Morgan fingerprint density at radius 3 is 2.62 bits per heavy atom. The predicted molar refractivity (Wildman–Crippen MR) is 118 cm³/mol. The van der Waals surface area contributed by atoms with Gasteiger partial charge in [-0.25, -0.2) is 10.4 Å². The number of hydrogen-bond acceptors (Lipinski definition) is 5. The minimum Gasteiger partial charge on any atom is -0.497 e. The van der Waals surface area contributed by atoms with Gasteiger partial charge >= 0.3 is 0 Å². The average Bonchev–Trinajstić information content (AvgIpc) is 3.18. The normalized spacial score (nSPS) is 11.1. The SMILES string of the molecule is COc1ccc(-c2cc(C(=O)N/N=C\c3ccc(C)s3)c3ccccc3n2)cc1. The van der Waals surface area contributed by atoms with Crippen LogP contribution in [0.3, 0.4) is 0 Å². The molecule has 0 fully saturated rings. The predicted octanol–water partition coefficient (Wildman–Crippen LogP) is 5.04. The molecule has 2 aromatic heterocycles. The number of para-hydroxylation sites is 1. The monoisotopic (exact) mass is 401 g/mol. The number of aromatic nitrogens is 1. The van der Waals surface area contributed by atoms with E-state index >= 15 is 0 Å². The summed E-state index contributed by atoms with van der Waals surface area (Å²) >= 11 is 1.62. The zero-order chi connectivity index (χ0) is 20.2. The summed E-state index contributed by atoms with van der Waals surface area (Å²) in [6.07, 6.45) is 1.66. The van der Waals surface area contributed by atoms with Gasteiger partial charge in [0.25, 0.3) is 5.91 Å². The number of pyridine rings is 1. The first kappa shape index (κ1) is 18.8. The van der Waals surface area contributed by atoms with Crippen molar-refractivity contribution in [3.8, 4) is 17.0 Å². The van der Waals surface area contributed by atoms with Gasteiger partial charge in [0.05, 0.1) is 30.1 Å². The quantitative estimate of drug-likeness (QED) is 0.376. The summed E-state index contributed by atoms with van der Waals surface area (Å²) in [6.45, 7) is 2.03. The van der Waals surface area contributed by atoms with Crippen molar-refractivity contribution in [2.45, 2.75) is 6.92 Å². The summed E-state index contributed by atoms with van der Waals surface area (Å²) < 4.78 is 5.22. The van der Waals surface area contributed by atoms with Crippen LogP contribution in [0.4, 0.5) is 0 Å². The molecule has 4 rings (SSSR count). The minimum absolute atomic E-state index is 0.275. The van der Waals surface area contributed by atoms with Gasteiger partial charge in [-0.05, 0) is 55.5 Å². The number of fused-ring (bicyclic) bond motifs is 1. The third kappa shape index (κ3) is 4.17. The van der Waals surface area contributed by atoms with Gasteiger partial charge < -0.3 is 4.74 Å². The van der Waals surface area contributed by atoms with Crippen LogP contribution >= 0.6 is 11.3 Å². The number of amides is 1. The van der Waals surface area contributed by atoms with Crippen LogP contribution in [0.2, 0.25) is 0 Å². The Labute approximate surface area is 172 Å². The first-order valence-corrected chi connectivity index (χ1v) is 9.90. The van der Waals surface area contributed by atoms with Crippen LogP contribution < -0.4 is 10.2 Å². The van der Waals surface area contributed by atoms with Crippen molar-refractivity contribution in [3.05, 3.63) is 82.0 Å². The Balaban J connectivity index is 1.68. The molecule has 0 radical (unpaired) electrons. The maximum absolute atomic E-state index is 12.9. The second kappa shape index (κ2) is 8.24. The molecule has 6 heteroatoms. The largest absolute Gasteiger partial charge is 0.497 e. The standard InChI is InChI=1S/C23H19N3O2S/c1-15-7-12-18(29-15)14-24-26-23(27)20-13-22(16-8-10-17(28-2)11-9-16)25-21-6-4-3-5-19(20)21/h3-14H,1-2H3,(H,26,27)/b24-14-. The lowest BCUT2D eigenvalue weighted by atomic mass is 10.0. The van der Waals surface area contributed by atoms with E-state index < -0.39 is 0 Å². The number of carbonyl (C=O) groups is 1. The van der Waals surface area contributed by atoms with Crippen LogP contribution in [0.5, 0.6) is 5.75 Å². The highest BCUT2D eigenvalue weighted by molar-refractivity contribution is 7.13. The van der Waals surface area contributed by atoms with Crippen LogP contribution in [0.1, 0.15) is 20.1 Å². The molecule has 1 N–H and O–H groups in total. The van der Waals surface area contributed by atoms with E-state index in [1.807, 2.05) is 67.6 Å². The molecule has 5 nitrogen and oxygen atoms in total. The zero-order valence-electron chi connectivity index (χ0n) is 16.0. The molecule has 0 saturated carbocycles. The second-order valence-corrected chi connectivity index (χ2v) is 7.77. The minimum atomic E-state index is -0.275. The van der Waals surface area contributed by atoms with Gasteiger partial charge in [0.1, 0.15) is 5.75 Å². The fourth-order valence-electron chi connectivity index (χ4n) is 3.01. The van der Waals surface area contributed by atoms with Gasteiger partial charge in [-0.1, -0.05) is 18.2 Å². The smallest absolute Gasteiger partial charge is 0.272 e. The molecule has 2 heterocycles. The van der Waals surface area contributed by atoms with E-state index in [4.69, 9.17) is 9.72 Å². The van der Waals surface area contributed by atoms with Crippen molar-refractivity contribution in [2.24, 2.45) is 5.10 Å². The lowest BCUT2D eigenvalue weighted by Gasteiger charge is -2.09. The van der Waals surface area contributed by atoms with Crippen LogP contribution in [0.15, 0.2) is 71.8 Å². The molecule has 0 atom stereocenters. The number of hydrogen-bond donors (Lipinski definition) is 1. The molecule has 0 saturated heterocycles. The van der Waals surface area contributed by atoms with Crippen LogP contribution in [-0.2, 0) is 0 Å². The van der Waals surface area contributed by atoms with E-state index in [2.05, 4.69) is 10.5 Å². The molecular weight excluding hydrogens is 382 g/mol. The molecule has 29 heavy (non-hydrogen) atoms. The van der Waals surface area contributed by atoms with E-state index in [0.29, 0.717) is 5.56 Å². The Kier molecular flexibility index (Phi) is 5.35.